The SMILES string of the molecule is Cn1c(=O)oc2ccc(NS(=O)(=O)c3cnc(Cl)c(Cl)c3)cc21. The maximum Gasteiger partial charge on any atom is 0.419 e. The predicted molar refractivity (Wildman–Crippen MR) is 86.5 cm³/mol. The molecule has 0 atom stereocenters. The standard InChI is InChI=1S/C13H9Cl2N3O4S/c1-18-10-4-7(2-3-11(10)22-13(18)19)17-23(20,21)8-5-9(14)12(15)16-6-8/h2-6,17H,1H3. The van der Waals surface area contributed by atoms with Crippen LogP contribution in [0.15, 0.2) is 44.6 Å². The van der Waals surface area contributed by atoms with Gasteiger partial charge in [-0.15, -0.1) is 0 Å². The number of rotatable bonds is 3. The summed E-state index contributed by atoms with van der Waals surface area (Å²) in [5.74, 6) is -0.534. The number of hydrogen-bond donors (Lipinski definition) is 1. The van der Waals surface area contributed by atoms with Crippen LogP contribution in [-0.2, 0) is 17.1 Å². The van der Waals surface area contributed by atoms with Crippen LogP contribution in [-0.4, -0.2) is 18.0 Å². The third-order valence-electron chi connectivity index (χ3n) is 3.13. The van der Waals surface area contributed by atoms with E-state index in [9.17, 15) is 13.2 Å². The van der Waals surface area contributed by atoms with E-state index in [2.05, 4.69) is 9.71 Å². The van der Waals surface area contributed by atoms with Gasteiger partial charge in [0.1, 0.15) is 10.0 Å². The summed E-state index contributed by atoms with van der Waals surface area (Å²) in [4.78, 5) is 15.0. The van der Waals surface area contributed by atoms with Gasteiger partial charge in [0.25, 0.3) is 10.0 Å². The summed E-state index contributed by atoms with van der Waals surface area (Å²) in [6.07, 6.45) is 1.10. The van der Waals surface area contributed by atoms with E-state index in [4.69, 9.17) is 27.6 Å². The molecule has 0 bridgehead atoms. The number of aryl methyl sites for hydroxylation is 1. The number of nitrogens with one attached hydrogen (secondary N) is 1. The zero-order valence-electron chi connectivity index (χ0n) is 11.6. The van der Waals surface area contributed by atoms with E-state index in [0.717, 1.165) is 6.20 Å². The van der Waals surface area contributed by atoms with Gasteiger partial charge in [-0.2, -0.15) is 0 Å². The Bertz CT molecular complexity index is 1070. The van der Waals surface area contributed by atoms with Crippen molar-refractivity contribution in [3.63, 3.8) is 0 Å². The van der Waals surface area contributed by atoms with Crippen molar-refractivity contribution in [3.05, 3.63) is 51.2 Å². The Balaban J connectivity index is 2.01. The Kier molecular flexibility index (Phi) is 3.83. The first-order chi connectivity index (χ1) is 10.8. The lowest BCUT2D eigenvalue weighted by atomic mass is 10.3. The van der Waals surface area contributed by atoms with Gasteiger partial charge >= 0.3 is 5.76 Å². The lowest BCUT2D eigenvalue weighted by Crippen LogP contribution is -2.13. The highest BCUT2D eigenvalue weighted by atomic mass is 35.5. The summed E-state index contributed by atoms with van der Waals surface area (Å²) in [6.45, 7) is 0. The van der Waals surface area contributed by atoms with Crippen molar-refractivity contribution >= 4 is 50.0 Å². The van der Waals surface area contributed by atoms with Crippen molar-refractivity contribution in [3.8, 4) is 0 Å². The lowest BCUT2D eigenvalue weighted by molar-refractivity contribution is 0.528. The predicted octanol–water partition coefficient (Wildman–Crippen LogP) is 2.63. The molecule has 2 aromatic heterocycles. The largest absolute Gasteiger partial charge is 0.419 e. The molecule has 10 heteroatoms. The topological polar surface area (TPSA) is 94.2 Å². The Hall–Kier alpha value is -2.03. The fraction of sp³-hybridized carbons (Fsp3) is 0.0769. The van der Waals surface area contributed by atoms with Gasteiger partial charge < -0.3 is 4.42 Å². The zero-order chi connectivity index (χ0) is 16.8. The first-order valence-electron chi connectivity index (χ1n) is 6.21. The molecule has 3 aromatic rings. The van der Waals surface area contributed by atoms with Gasteiger partial charge in [0, 0.05) is 13.2 Å². The Morgan fingerprint density at radius 3 is 2.70 bits per heavy atom. The van der Waals surface area contributed by atoms with Crippen LogP contribution >= 0.6 is 23.2 Å². The van der Waals surface area contributed by atoms with Gasteiger partial charge in [0.15, 0.2) is 5.58 Å². The maximum atomic E-state index is 12.3. The van der Waals surface area contributed by atoms with E-state index in [1.165, 1.54) is 35.9 Å². The normalized spacial score (nSPS) is 11.8. The summed E-state index contributed by atoms with van der Waals surface area (Å²) in [5, 5.41) is 0.0441. The molecular weight excluding hydrogens is 365 g/mol. The molecule has 0 radical (unpaired) electrons. The van der Waals surface area contributed by atoms with Crippen LogP contribution < -0.4 is 10.5 Å². The molecule has 0 aliphatic rings. The maximum absolute atomic E-state index is 12.3. The van der Waals surface area contributed by atoms with E-state index < -0.39 is 15.8 Å². The first kappa shape index (κ1) is 15.9. The summed E-state index contributed by atoms with van der Waals surface area (Å²) in [7, 11) is -2.38. The molecule has 3 rings (SSSR count). The van der Waals surface area contributed by atoms with Gasteiger partial charge in [-0.05, 0) is 24.3 Å². The molecule has 120 valence electrons. The molecule has 2 heterocycles. The number of halogens is 2. The monoisotopic (exact) mass is 373 g/mol. The highest BCUT2D eigenvalue weighted by Crippen LogP contribution is 2.25. The average molecular weight is 374 g/mol. The lowest BCUT2D eigenvalue weighted by Gasteiger charge is -2.08. The van der Waals surface area contributed by atoms with Crippen LogP contribution in [0.2, 0.25) is 10.2 Å². The van der Waals surface area contributed by atoms with Crippen molar-refractivity contribution in [2.45, 2.75) is 4.90 Å². The van der Waals surface area contributed by atoms with Crippen LogP contribution in [0, 0.1) is 0 Å². The molecule has 0 aliphatic carbocycles. The van der Waals surface area contributed by atoms with Crippen LogP contribution in [0.25, 0.3) is 11.1 Å². The van der Waals surface area contributed by atoms with E-state index in [0.29, 0.717) is 11.1 Å². The molecule has 0 amide bonds. The quantitative estimate of drug-likeness (QED) is 0.712. The number of nitrogens with zero attached hydrogens (tertiary/aromatic N) is 2. The average Bonchev–Trinajstić information content (AvgIpc) is 2.77. The number of sulfonamides is 1. The van der Waals surface area contributed by atoms with Crippen molar-refractivity contribution in [2.24, 2.45) is 7.05 Å². The molecular formula is C13H9Cl2N3O4S. The minimum atomic E-state index is -3.90. The second-order valence-corrected chi connectivity index (χ2v) is 7.11. The molecule has 1 N–H and O–H groups in total. The minimum absolute atomic E-state index is 0.0143. The van der Waals surface area contributed by atoms with Crippen LogP contribution in [0.1, 0.15) is 0 Å². The highest BCUT2D eigenvalue weighted by molar-refractivity contribution is 7.92. The molecule has 0 saturated heterocycles. The number of aromatic nitrogens is 2. The molecule has 0 spiro atoms. The molecule has 1 aromatic carbocycles. The summed E-state index contributed by atoms with van der Waals surface area (Å²) in [5.41, 5.74) is 1.08. The fourth-order valence-electron chi connectivity index (χ4n) is 1.95. The van der Waals surface area contributed by atoms with E-state index >= 15 is 0 Å². The van der Waals surface area contributed by atoms with E-state index in [1.807, 2.05) is 0 Å². The number of pyridine rings is 1. The second-order valence-electron chi connectivity index (χ2n) is 4.66. The smallest absolute Gasteiger partial charge is 0.408 e. The van der Waals surface area contributed by atoms with Gasteiger partial charge in [0.2, 0.25) is 0 Å². The number of anilines is 1. The molecule has 7 nitrogen and oxygen atoms in total. The molecule has 0 saturated carbocycles. The fourth-order valence-corrected chi connectivity index (χ4v) is 3.31. The molecule has 0 aliphatic heterocycles. The summed E-state index contributed by atoms with van der Waals surface area (Å²) in [6, 6.07) is 5.67. The van der Waals surface area contributed by atoms with Gasteiger partial charge in [-0.1, -0.05) is 23.2 Å². The molecule has 0 unspecified atom stereocenters. The zero-order valence-corrected chi connectivity index (χ0v) is 13.9. The van der Waals surface area contributed by atoms with Gasteiger partial charge in [-0.25, -0.2) is 18.2 Å². The number of oxazole rings is 1. The first-order valence-corrected chi connectivity index (χ1v) is 8.45. The van der Waals surface area contributed by atoms with E-state index in [1.54, 1.807) is 0 Å². The van der Waals surface area contributed by atoms with E-state index in [-0.39, 0.29) is 20.8 Å². The van der Waals surface area contributed by atoms with Crippen molar-refractivity contribution in [1.82, 2.24) is 9.55 Å². The van der Waals surface area contributed by atoms with Crippen molar-refractivity contribution in [1.29, 1.82) is 0 Å². The Morgan fingerprint density at radius 1 is 1.26 bits per heavy atom. The highest BCUT2D eigenvalue weighted by Gasteiger charge is 2.17. The third kappa shape index (κ3) is 2.92. The summed E-state index contributed by atoms with van der Waals surface area (Å²) < 4.78 is 33.3. The Morgan fingerprint density at radius 2 is 2.00 bits per heavy atom. The van der Waals surface area contributed by atoms with Gasteiger partial charge in [0.05, 0.1) is 16.2 Å². The number of hydrogen-bond acceptors (Lipinski definition) is 5. The minimum Gasteiger partial charge on any atom is -0.408 e. The van der Waals surface area contributed by atoms with Gasteiger partial charge in [-0.3, -0.25) is 9.29 Å². The van der Waals surface area contributed by atoms with Crippen LogP contribution in [0.5, 0.6) is 0 Å². The second kappa shape index (κ2) is 5.55. The number of benzene rings is 1. The third-order valence-corrected chi connectivity index (χ3v) is 5.16. The van der Waals surface area contributed by atoms with Crippen LogP contribution in [0.3, 0.4) is 0 Å². The molecule has 0 fully saturated rings. The Labute approximate surface area is 140 Å². The molecule has 23 heavy (non-hydrogen) atoms. The van der Waals surface area contributed by atoms with Crippen molar-refractivity contribution in [2.75, 3.05) is 4.72 Å². The summed E-state index contributed by atoms with van der Waals surface area (Å²) >= 11 is 11.5. The van der Waals surface area contributed by atoms with Crippen molar-refractivity contribution < 1.29 is 12.8 Å². The number of fused-ring (bicyclic) bond motifs is 1. The van der Waals surface area contributed by atoms with Crippen LogP contribution in [0.4, 0.5) is 5.69 Å².